The third-order valence-corrected chi connectivity index (χ3v) is 4.19. The van der Waals surface area contributed by atoms with Crippen LogP contribution in [0.15, 0.2) is 18.5 Å². The molecule has 0 saturated carbocycles. The number of anilines is 1. The summed E-state index contributed by atoms with van der Waals surface area (Å²) in [6, 6.07) is 1.76. The first-order valence-electron chi connectivity index (χ1n) is 7.77. The lowest BCUT2D eigenvalue weighted by Gasteiger charge is -2.33. The van der Waals surface area contributed by atoms with Gasteiger partial charge in [-0.3, -0.25) is 4.79 Å². The Balaban J connectivity index is 1.85. The summed E-state index contributed by atoms with van der Waals surface area (Å²) in [5.41, 5.74) is 1.28. The highest BCUT2D eigenvalue weighted by atomic mass is 16.4. The Morgan fingerprint density at radius 2 is 2.38 bits per heavy atom. The van der Waals surface area contributed by atoms with E-state index in [2.05, 4.69) is 21.2 Å². The number of hydrogen-bond donors (Lipinski definition) is 3. The van der Waals surface area contributed by atoms with Crippen molar-refractivity contribution in [1.82, 2.24) is 14.9 Å². The largest absolute Gasteiger partial charge is 0.478 e. The van der Waals surface area contributed by atoms with Crippen LogP contribution in [0.1, 0.15) is 29.6 Å². The number of rotatable bonds is 4. The normalized spacial score (nSPS) is 17.5. The summed E-state index contributed by atoms with van der Waals surface area (Å²) in [5.74, 6) is 1.27. The zero-order valence-electron chi connectivity index (χ0n) is 13.1. The number of carbonyl (C=O) groups excluding carboxylic acids is 1. The van der Waals surface area contributed by atoms with E-state index in [9.17, 15) is 14.7 Å². The van der Waals surface area contributed by atoms with Gasteiger partial charge in [-0.2, -0.15) is 0 Å². The first kappa shape index (κ1) is 15.9. The molecule has 3 N–H and O–H groups in total. The molecule has 0 radical (unpaired) electrons. The van der Waals surface area contributed by atoms with Crippen LogP contribution in [0.25, 0.3) is 11.0 Å². The number of carboxylic acids is 1. The maximum absolute atomic E-state index is 12.0. The summed E-state index contributed by atoms with van der Waals surface area (Å²) in [4.78, 5) is 32.3. The Hall–Kier alpha value is -3.01. The standard InChI is InChI=1S/C17H18N4O3/c1-2-4-14(22)21-8-3-5-11(10-21)20-15-12-6-7-18-16(12)19-9-13(15)17(23)24/h1,6-7,9,11H,3-5,8,10H2,(H,23,24)(H2,18,19,20)/t11-/m1/s1. The number of piperidine rings is 1. The summed E-state index contributed by atoms with van der Waals surface area (Å²) >= 11 is 0. The molecule has 3 heterocycles. The molecule has 2 aromatic heterocycles. The summed E-state index contributed by atoms with van der Waals surface area (Å²) < 4.78 is 0. The van der Waals surface area contributed by atoms with Crippen LogP contribution in [-0.2, 0) is 4.79 Å². The third-order valence-electron chi connectivity index (χ3n) is 4.19. The Kier molecular flexibility index (Phi) is 4.38. The van der Waals surface area contributed by atoms with E-state index in [1.165, 1.54) is 6.20 Å². The van der Waals surface area contributed by atoms with Gasteiger partial charge in [-0.15, -0.1) is 6.42 Å². The zero-order chi connectivity index (χ0) is 17.1. The van der Waals surface area contributed by atoms with E-state index in [4.69, 9.17) is 6.42 Å². The van der Waals surface area contributed by atoms with Crippen molar-refractivity contribution in [3.8, 4) is 12.3 Å². The average molecular weight is 326 g/mol. The van der Waals surface area contributed by atoms with E-state index in [0.717, 1.165) is 18.2 Å². The molecule has 2 aromatic rings. The van der Waals surface area contributed by atoms with Gasteiger partial charge in [-0.05, 0) is 18.9 Å². The number of nitrogens with one attached hydrogen (secondary N) is 2. The van der Waals surface area contributed by atoms with E-state index < -0.39 is 5.97 Å². The average Bonchev–Trinajstić information content (AvgIpc) is 3.04. The SMILES string of the molecule is C#CCC(=O)N1CCC[C@@H](Nc2c(C(=O)O)cnc3[nH]ccc23)C1. The second-order valence-electron chi connectivity index (χ2n) is 5.80. The molecule has 1 fully saturated rings. The fraction of sp³-hybridized carbons (Fsp3) is 0.353. The summed E-state index contributed by atoms with van der Waals surface area (Å²) in [6.07, 6.45) is 10.1. The molecule has 0 aliphatic carbocycles. The second-order valence-corrected chi connectivity index (χ2v) is 5.80. The van der Waals surface area contributed by atoms with E-state index >= 15 is 0 Å². The van der Waals surface area contributed by atoms with Crippen molar-refractivity contribution in [3.05, 3.63) is 24.0 Å². The van der Waals surface area contributed by atoms with Gasteiger partial charge in [0.05, 0.1) is 12.1 Å². The highest BCUT2D eigenvalue weighted by molar-refractivity contribution is 6.03. The van der Waals surface area contributed by atoms with Gasteiger partial charge >= 0.3 is 5.97 Å². The highest BCUT2D eigenvalue weighted by Crippen LogP contribution is 2.27. The summed E-state index contributed by atoms with van der Waals surface area (Å²) in [7, 11) is 0. The molecule has 124 valence electrons. The Morgan fingerprint density at radius 3 is 3.12 bits per heavy atom. The van der Waals surface area contributed by atoms with Gasteiger partial charge in [0.2, 0.25) is 5.91 Å². The van der Waals surface area contributed by atoms with Gasteiger partial charge in [-0.1, -0.05) is 5.92 Å². The number of H-pyrrole nitrogens is 1. The van der Waals surface area contributed by atoms with Crippen LogP contribution in [0.5, 0.6) is 0 Å². The fourth-order valence-electron chi connectivity index (χ4n) is 3.05. The molecular formula is C17H18N4O3. The van der Waals surface area contributed by atoms with Crippen molar-refractivity contribution >= 4 is 28.6 Å². The van der Waals surface area contributed by atoms with E-state index in [1.807, 2.05) is 0 Å². The van der Waals surface area contributed by atoms with Gasteiger partial charge in [0.15, 0.2) is 0 Å². The van der Waals surface area contributed by atoms with Crippen LogP contribution >= 0.6 is 0 Å². The number of terminal acetylenes is 1. The number of pyridine rings is 1. The van der Waals surface area contributed by atoms with Crippen LogP contribution in [0, 0.1) is 12.3 Å². The molecule has 3 rings (SSSR count). The number of fused-ring (bicyclic) bond motifs is 1. The molecular weight excluding hydrogens is 308 g/mol. The van der Waals surface area contributed by atoms with Crippen LogP contribution < -0.4 is 5.32 Å². The first-order chi connectivity index (χ1) is 11.6. The number of aromatic nitrogens is 2. The van der Waals surface area contributed by atoms with Crippen LogP contribution in [0.2, 0.25) is 0 Å². The molecule has 0 spiro atoms. The minimum atomic E-state index is -1.04. The predicted octanol–water partition coefficient (Wildman–Crippen LogP) is 1.69. The van der Waals surface area contributed by atoms with Gasteiger partial charge in [0.25, 0.3) is 0 Å². The van der Waals surface area contributed by atoms with Gasteiger partial charge in [0.1, 0.15) is 11.2 Å². The molecule has 1 saturated heterocycles. The van der Waals surface area contributed by atoms with Crippen molar-refractivity contribution in [2.24, 2.45) is 0 Å². The molecule has 1 atom stereocenters. The lowest BCUT2D eigenvalue weighted by molar-refractivity contribution is -0.131. The first-order valence-corrected chi connectivity index (χ1v) is 7.77. The molecule has 1 aliphatic rings. The molecule has 1 aliphatic heterocycles. The van der Waals surface area contributed by atoms with Crippen molar-refractivity contribution in [2.45, 2.75) is 25.3 Å². The van der Waals surface area contributed by atoms with Gasteiger partial charge in [0, 0.05) is 36.9 Å². The number of aromatic carboxylic acids is 1. The Labute approximate surface area is 139 Å². The monoisotopic (exact) mass is 326 g/mol. The van der Waals surface area contributed by atoms with Crippen LogP contribution in [0.3, 0.4) is 0 Å². The Morgan fingerprint density at radius 1 is 1.54 bits per heavy atom. The molecule has 7 nitrogen and oxygen atoms in total. The predicted molar refractivity (Wildman–Crippen MR) is 89.7 cm³/mol. The van der Waals surface area contributed by atoms with Crippen molar-refractivity contribution < 1.29 is 14.7 Å². The number of carboxylic acid groups (broad SMARTS) is 1. The van der Waals surface area contributed by atoms with E-state index in [0.29, 0.717) is 24.4 Å². The summed E-state index contributed by atoms with van der Waals surface area (Å²) in [6.45, 7) is 1.19. The smallest absolute Gasteiger partial charge is 0.339 e. The van der Waals surface area contributed by atoms with E-state index in [-0.39, 0.29) is 23.9 Å². The van der Waals surface area contributed by atoms with Crippen molar-refractivity contribution in [3.63, 3.8) is 0 Å². The quantitative estimate of drug-likeness (QED) is 0.743. The topological polar surface area (TPSA) is 98.3 Å². The fourth-order valence-corrected chi connectivity index (χ4v) is 3.05. The summed E-state index contributed by atoms with van der Waals surface area (Å²) in [5, 5.41) is 13.4. The number of hydrogen-bond acceptors (Lipinski definition) is 4. The Bertz CT molecular complexity index is 821. The van der Waals surface area contributed by atoms with E-state index in [1.54, 1.807) is 17.2 Å². The molecule has 0 aromatic carbocycles. The third kappa shape index (κ3) is 3.04. The van der Waals surface area contributed by atoms with Crippen molar-refractivity contribution in [1.29, 1.82) is 0 Å². The van der Waals surface area contributed by atoms with Crippen molar-refractivity contribution in [2.75, 3.05) is 18.4 Å². The molecule has 7 heteroatoms. The zero-order valence-corrected chi connectivity index (χ0v) is 13.1. The number of carbonyl (C=O) groups is 2. The molecule has 0 unspecified atom stereocenters. The number of likely N-dealkylation sites (tertiary alicyclic amines) is 1. The number of nitrogens with zero attached hydrogens (tertiary/aromatic N) is 2. The number of amides is 1. The molecule has 1 amide bonds. The minimum Gasteiger partial charge on any atom is -0.478 e. The number of aromatic amines is 1. The lowest BCUT2D eigenvalue weighted by Crippen LogP contribution is -2.45. The van der Waals surface area contributed by atoms with Crippen LogP contribution in [0.4, 0.5) is 5.69 Å². The maximum atomic E-state index is 12.0. The van der Waals surface area contributed by atoms with Gasteiger partial charge < -0.3 is 20.3 Å². The molecule has 24 heavy (non-hydrogen) atoms. The highest BCUT2D eigenvalue weighted by Gasteiger charge is 2.25. The van der Waals surface area contributed by atoms with Gasteiger partial charge in [-0.25, -0.2) is 9.78 Å². The molecule has 0 bridgehead atoms. The minimum absolute atomic E-state index is 0.0286. The van der Waals surface area contributed by atoms with Crippen LogP contribution in [-0.4, -0.2) is 51.0 Å². The maximum Gasteiger partial charge on any atom is 0.339 e. The second kappa shape index (κ2) is 6.62. The lowest BCUT2D eigenvalue weighted by atomic mass is 10.0.